The fourth-order valence-electron chi connectivity index (χ4n) is 4.02. The molecule has 1 saturated heterocycles. The molecular formula is C22H27BrN2O2. The van der Waals surface area contributed by atoms with Crippen LogP contribution in [0.4, 0.5) is 0 Å². The fourth-order valence-corrected chi connectivity index (χ4v) is 4.39. The summed E-state index contributed by atoms with van der Waals surface area (Å²) in [7, 11) is 0. The van der Waals surface area contributed by atoms with E-state index in [4.69, 9.17) is 4.74 Å². The molecule has 0 spiro atoms. The summed E-state index contributed by atoms with van der Waals surface area (Å²) in [5.74, 6) is 1.40. The van der Waals surface area contributed by atoms with Gasteiger partial charge in [0.1, 0.15) is 11.5 Å². The van der Waals surface area contributed by atoms with E-state index in [1.54, 1.807) is 12.1 Å². The molecule has 0 atom stereocenters. The first-order valence-corrected chi connectivity index (χ1v) is 10.1. The number of nitrogens with one attached hydrogen (secondary N) is 2. The first kappa shape index (κ1) is 19.9. The van der Waals surface area contributed by atoms with Crippen LogP contribution in [0.1, 0.15) is 50.9 Å². The molecule has 144 valence electrons. The summed E-state index contributed by atoms with van der Waals surface area (Å²) >= 11 is 3.47. The van der Waals surface area contributed by atoms with E-state index in [0.29, 0.717) is 11.3 Å². The maximum atomic E-state index is 12.7. The highest BCUT2D eigenvalue weighted by Gasteiger charge is 2.38. The predicted octanol–water partition coefficient (Wildman–Crippen LogP) is 5.28. The average molecular weight is 431 g/mol. The monoisotopic (exact) mass is 430 g/mol. The van der Waals surface area contributed by atoms with Crippen LogP contribution in [0, 0.1) is 0 Å². The van der Waals surface area contributed by atoms with Gasteiger partial charge in [0.2, 0.25) is 0 Å². The SMILES string of the molecule is CC1(C)CC(NC(=O)c2ccc(Oc3ccccc3Br)cc2)CC(C)(C)N1. The Bertz CT molecular complexity index is 799. The molecule has 27 heavy (non-hydrogen) atoms. The Morgan fingerprint density at radius 3 is 2.22 bits per heavy atom. The molecule has 0 aliphatic carbocycles. The van der Waals surface area contributed by atoms with Gasteiger partial charge in [0.25, 0.3) is 5.91 Å². The summed E-state index contributed by atoms with van der Waals surface area (Å²) < 4.78 is 6.75. The zero-order chi connectivity index (χ0) is 19.7. The zero-order valence-corrected chi connectivity index (χ0v) is 17.9. The number of carbonyl (C=O) groups excluding carboxylic acids is 1. The topological polar surface area (TPSA) is 50.4 Å². The second-order valence-electron chi connectivity index (χ2n) is 8.53. The minimum atomic E-state index is -0.0408. The van der Waals surface area contributed by atoms with Gasteiger partial charge in [0.15, 0.2) is 0 Å². The predicted molar refractivity (Wildman–Crippen MR) is 112 cm³/mol. The lowest BCUT2D eigenvalue weighted by Crippen LogP contribution is -2.62. The molecule has 2 aromatic carbocycles. The third kappa shape index (κ3) is 5.33. The van der Waals surface area contributed by atoms with Crippen molar-refractivity contribution >= 4 is 21.8 Å². The standard InChI is InChI=1S/C22H27BrN2O2/c1-21(2)13-16(14-22(3,4)25-21)24-20(26)15-9-11-17(12-10-15)27-19-8-6-5-7-18(19)23/h5-12,16,25H,13-14H2,1-4H3,(H,24,26). The molecule has 0 unspecified atom stereocenters. The molecule has 0 radical (unpaired) electrons. The largest absolute Gasteiger partial charge is 0.456 e. The Kier molecular flexibility index (Phi) is 5.63. The van der Waals surface area contributed by atoms with E-state index in [0.717, 1.165) is 23.1 Å². The normalized spacial score (nSPS) is 18.7. The maximum Gasteiger partial charge on any atom is 0.251 e. The second kappa shape index (κ2) is 7.64. The van der Waals surface area contributed by atoms with Crippen LogP contribution >= 0.6 is 15.9 Å². The van der Waals surface area contributed by atoms with Crippen molar-refractivity contribution in [3.8, 4) is 11.5 Å². The molecular weight excluding hydrogens is 404 g/mol. The molecule has 4 nitrogen and oxygen atoms in total. The molecule has 1 heterocycles. The van der Waals surface area contributed by atoms with Crippen molar-refractivity contribution in [2.24, 2.45) is 0 Å². The molecule has 1 aliphatic rings. The van der Waals surface area contributed by atoms with Gasteiger partial charge in [-0.3, -0.25) is 4.79 Å². The van der Waals surface area contributed by atoms with Gasteiger partial charge in [-0.25, -0.2) is 0 Å². The molecule has 2 N–H and O–H groups in total. The number of hydrogen-bond acceptors (Lipinski definition) is 3. The highest BCUT2D eigenvalue weighted by molar-refractivity contribution is 9.10. The molecule has 1 amide bonds. The van der Waals surface area contributed by atoms with Gasteiger partial charge in [-0.1, -0.05) is 12.1 Å². The number of piperidine rings is 1. The minimum absolute atomic E-state index is 0.000461. The number of benzene rings is 2. The van der Waals surface area contributed by atoms with Crippen LogP contribution in [-0.4, -0.2) is 23.0 Å². The van der Waals surface area contributed by atoms with Crippen molar-refractivity contribution < 1.29 is 9.53 Å². The highest BCUT2D eigenvalue weighted by Crippen LogP contribution is 2.30. The summed E-state index contributed by atoms with van der Waals surface area (Å²) in [5.41, 5.74) is 0.643. The first-order valence-electron chi connectivity index (χ1n) is 9.26. The zero-order valence-electron chi connectivity index (χ0n) is 16.3. The molecule has 1 aliphatic heterocycles. The number of rotatable bonds is 4. The van der Waals surface area contributed by atoms with Crippen LogP contribution in [0.2, 0.25) is 0 Å². The van der Waals surface area contributed by atoms with Crippen LogP contribution in [-0.2, 0) is 0 Å². The second-order valence-corrected chi connectivity index (χ2v) is 9.38. The van der Waals surface area contributed by atoms with Crippen molar-refractivity contribution in [2.75, 3.05) is 0 Å². The third-order valence-electron chi connectivity index (χ3n) is 4.71. The lowest BCUT2D eigenvalue weighted by Gasteiger charge is -2.46. The molecule has 5 heteroatoms. The summed E-state index contributed by atoms with van der Waals surface area (Å²) in [6, 6.07) is 15.1. The van der Waals surface area contributed by atoms with Crippen LogP contribution in [0.15, 0.2) is 53.0 Å². The molecule has 0 bridgehead atoms. The summed E-state index contributed by atoms with van der Waals surface area (Å²) in [6.07, 6.45) is 1.82. The van der Waals surface area contributed by atoms with Crippen LogP contribution in [0.5, 0.6) is 11.5 Å². The van der Waals surface area contributed by atoms with Gasteiger partial charge < -0.3 is 15.4 Å². The summed E-state index contributed by atoms with van der Waals surface area (Å²) in [5, 5.41) is 6.84. The molecule has 1 fully saturated rings. The first-order chi connectivity index (χ1) is 12.6. The van der Waals surface area contributed by atoms with E-state index in [2.05, 4.69) is 54.3 Å². The summed E-state index contributed by atoms with van der Waals surface area (Å²) in [4.78, 5) is 12.7. The number of halogens is 1. The molecule has 3 rings (SSSR count). The van der Waals surface area contributed by atoms with Crippen molar-refractivity contribution in [2.45, 2.75) is 57.7 Å². The van der Waals surface area contributed by atoms with Crippen LogP contribution < -0.4 is 15.4 Å². The van der Waals surface area contributed by atoms with Crippen LogP contribution in [0.3, 0.4) is 0 Å². The van der Waals surface area contributed by atoms with Gasteiger partial charge in [0, 0.05) is 22.7 Å². The smallest absolute Gasteiger partial charge is 0.251 e. The van der Waals surface area contributed by atoms with E-state index >= 15 is 0 Å². The number of para-hydroxylation sites is 1. The van der Waals surface area contributed by atoms with E-state index in [9.17, 15) is 4.79 Å². The molecule has 2 aromatic rings. The summed E-state index contributed by atoms with van der Waals surface area (Å²) in [6.45, 7) is 8.73. The van der Waals surface area contributed by atoms with Crippen LogP contribution in [0.25, 0.3) is 0 Å². The lowest BCUT2D eigenvalue weighted by molar-refractivity contribution is 0.0873. The minimum Gasteiger partial charge on any atom is -0.456 e. The maximum absolute atomic E-state index is 12.7. The Labute approximate surface area is 169 Å². The number of carbonyl (C=O) groups is 1. The molecule has 0 saturated carbocycles. The highest BCUT2D eigenvalue weighted by atomic mass is 79.9. The number of amides is 1. The van der Waals surface area contributed by atoms with E-state index in [-0.39, 0.29) is 23.0 Å². The van der Waals surface area contributed by atoms with Gasteiger partial charge in [0.05, 0.1) is 4.47 Å². The lowest BCUT2D eigenvalue weighted by atomic mass is 9.79. The Hall–Kier alpha value is -1.85. The Morgan fingerprint density at radius 1 is 1.04 bits per heavy atom. The van der Waals surface area contributed by atoms with E-state index < -0.39 is 0 Å². The van der Waals surface area contributed by atoms with Crippen molar-refractivity contribution in [1.29, 1.82) is 0 Å². The Balaban J connectivity index is 1.65. The van der Waals surface area contributed by atoms with Crippen molar-refractivity contribution in [3.63, 3.8) is 0 Å². The van der Waals surface area contributed by atoms with Crippen molar-refractivity contribution in [3.05, 3.63) is 58.6 Å². The van der Waals surface area contributed by atoms with Gasteiger partial charge in [-0.2, -0.15) is 0 Å². The van der Waals surface area contributed by atoms with E-state index in [1.165, 1.54) is 0 Å². The quantitative estimate of drug-likeness (QED) is 0.693. The third-order valence-corrected chi connectivity index (χ3v) is 5.36. The van der Waals surface area contributed by atoms with E-state index in [1.807, 2.05) is 36.4 Å². The fraction of sp³-hybridized carbons (Fsp3) is 0.409. The van der Waals surface area contributed by atoms with Gasteiger partial charge in [-0.15, -0.1) is 0 Å². The average Bonchev–Trinajstić information content (AvgIpc) is 2.54. The number of hydrogen-bond donors (Lipinski definition) is 2. The van der Waals surface area contributed by atoms with Gasteiger partial charge >= 0.3 is 0 Å². The van der Waals surface area contributed by atoms with Crippen molar-refractivity contribution in [1.82, 2.24) is 10.6 Å². The Morgan fingerprint density at radius 2 is 1.63 bits per heavy atom. The van der Waals surface area contributed by atoms with Gasteiger partial charge in [-0.05, 0) is 92.9 Å². The molecule has 0 aromatic heterocycles. The number of ether oxygens (including phenoxy) is 1.